The van der Waals surface area contributed by atoms with Gasteiger partial charge in [-0.05, 0) is 52.7 Å². The van der Waals surface area contributed by atoms with E-state index in [9.17, 15) is 9.90 Å². The molecule has 5 aromatic rings. The van der Waals surface area contributed by atoms with Crippen LogP contribution in [0.2, 0.25) is 0 Å². The van der Waals surface area contributed by atoms with Crippen LogP contribution in [0.25, 0.3) is 33.1 Å². The number of hydrogen-bond acceptors (Lipinski definition) is 8. The number of carboxylic acid groups (broad SMARTS) is 1. The van der Waals surface area contributed by atoms with Crippen molar-refractivity contribution >= 4 is 39.5 Å². The number of fused-ring (bicyclic) bond motifs is 3. The molecular weight excluding hydrogens is 474 g/mol. The summed E-state index contributed by atoms with van der Waals surface area (Å²) in [5.74, 6) is 1.38. The molecule has 0 unspecified atom stereocenters. The molecule has 1 aliphatic rings. The van der Waals surface area contributed by atoms with Crippen LogP contribution in [0.5, 0.6) is 5.75 Å². The van der Waals surface area contributed by atoms with Crippen molar-refractivity contribution in [3.8, 4) is 16.9 Å². The van der Waals surface area contributed by atoms with Crippen molar-refractivity contribution < 1.29 is 19.2 Å². The van der Waals surface area contributed by atoms with Gasteiger partial charge in [0.25, 0.3) is 0 Å². The molecule has 11 heteroatoms. The number of H-pyrrole nitrogens is 1. The number of ether oxygens (including phenoxy) is 1. The molecule has 0 spiro atoms. The molecule has 37 heavy (non-hydrogen) atoms. The number of methoxy groups -OCH3 is 1. The molecule has 3 N–H and O–H groups in total. The normalized spacial score (nSPS) is 13.7. The van der Waals surface area contributed by atoms with Crippen LogP contribution in [-0.2, 0) is 0 Å². The molecule has 4 aromatic heterocycles. The van der Waals surface area contributed by atoms with Gasteiger partial charge in [0, 0.05) is 34.5 Å². The van der Waals surface area contributed by atoms with Crippen LogP contribution in [0.3, 0.4) is 0 Å². The van der Waals surface area contributed by atoms with Gasteiger partial charge < -0.3 is 24.7 Å². The smallest absolute Gasteiger partial charge is 0.374 e. The van der Waals surface area contributed by atoms with Gasteiger partial charge in [-0.1, -0.05) is 5.16 Å². The van der Waals surface area contributed by atoms with Gasteiger partial charge in [0.2, 0.25) is 5.82 Å². The number of aromatic carboxylic acids is 1. The van der Waals surface area contributed by atoms with Crippen LogP contribution in [0, 0.1) is 13.8 Å². The predicted octanol–water partition coefficient (Wildman–Crippen LogP) is 5.49. The maximum absolute atomic E-state index is 11.9. The van der Waals surface area contributed by atoms with Crippen LogP contribution in [0.15, 0.2) is 22.7 Å². The first kappa shape index (κ1) is 23.0. The summed E-state index contributed by atoms with van der Waals surface area (Å²) < 4.78 is 13.0. The van der Waals surface area contributed by atoms with Crippen molar-refractivity contribution in [3.05, 3.63) is 41.2 Å². The molecule has 1 saturated carbocycles. The maximum atomic E-state index is 11.9. The Morgan fingerprint density at radius 1 is 1.24 bits per heavy atom. The molecule has 0 atom stereocenters. The quantitative estimate of drug-likeness (QED) is 0.264. The van der Waals surface area contributed by atoms with Crippen LogP contribution in [0.1, 0.15) is 66.4 Å². The molecule has 0 aliphatic heterocycles. The lowest BCUT2D eigenvalue weighted by molar-refractivity contribution is 0.0684. The first-order valence-corrected chi connectivity index (χ1v) is 12.2. The van der Waals surface area contributed by atoms with E-state index in [0.29, 0.717) is 34.3 Å². The van der Waals surface area contributed by atoms with Crippen molar-refractivity contribution in [3.63, 3.8) is 0 Å². The number of nitrogens with one attached hydrogen (secondary N) is 2. The summed E-state index contributed by atoms with van der Waals surface area (Å²) in [5, 5.41) is 23.4. The Morgan fingerprint density at radius 2 is 2.03 bits per heavy atom. The molecular formula is C26H27N7O4. The van der Waals surface area contributed by atoms with E-state index < -0.39 is 5.97 Å². The number of benzene rings is 1. The zero-order valence-corrected chi connectivity index (χ0v) is 21.2. The van der Waals surface area contributed by atoms with Gasteiger partial charge in [-0.15, -0.1) is 0 Å². The molecule has 0 saturated heterocycles. The Bertz CT molecular complexity index is 1670. The minimum atomic E-state index is -1.21. The Labute approximate surface area is 211 Å². The molecule has 0 radical (unpaired) electrons. The number of carboxylic acids is 1. The van der Waals surface area contributed by atoms with Gasteiger partial charge >= 0.3 is 5.97 Å². The first-order chi connectivity index (χ1) is 17.7. The molecule has 6 rings (SSSR count). The highest BCUT2D eigenvalue weighted by Crippen LogP contribution is 2.43. The summed E-state index contributed by atoms with van der Waals surface area (Å²) in [5.41, 5.74) is 4.59. The van der Waals surface area contributed by atoms with Crippen LogP contribution in [-0.4, -0.2) is 48.1 Å². The SMILES string of the molecule is COc1cc2c(cc1-c1c(C)noc1C)[nH]c1nc(C(=O)O)nc(Nc3cc(C4CC4)nn3C(C)C)c12. The number of hydrogen-bond donors (Lipinski definition) is 3. The van der Waals surface area contributed by atoms with Crippen molar-refractivity contribution in [2.75, 3.05) is 12.4 Å². The third-order valence-electron chi connectivity index (χ3n) is 6.75. The molecule has 190 valence electrons. The number of carbonyl (C=O) groups is 1. The number of aromatic nitrogens is 6. The summed E-state index contributed by atoms with van der Waals surface area (Å²) in [6.45, 7) is 7.84. The average Bonchev–Trinajstić information content (AvgIpc) is 3.39. The summed E-state index contributed by atoms with van der Waals surface area (Å²) in [7, 11) is 1.61. The highest BCUT2D eigenvalue weighted by Gasteiger charge is 2.28. The highest BCUT2D eigenvalue weighted by molar-refractivity contribution is 6.13. The maximum Gasteiger partial charge on any atom is 0.374 e. The van der Waals surface area contributed by atoms with Gasteiger partial charge in [0.15, 0.2) is 0 Å². The second kappa shape index (κ2) is 8.32. The Hall–Kier alpha value is -4.41. The zero-order valence-electron chi connectivity index (χ0n) is 21.2. The van der Waals surface area contributed by atoms with E-state index in [1.54, 1.807) is 7.11 Å². The molecule has 1 fully saturated rings. The van der Waals surface area contributed by atoms with Crippen molar-refractivity contribution in [2.45, 2.75) is 52.5 Å². The van der Waals surface area contributed by atoms with E-state index in [-0.39, 0.29) is 11.9 Å². The number of aryl methyl sites for hydroxylation is 2. The molecule has 1 aromatic carbocycles. The lowest BCUT2D eigenvalue weighted by Crippen LogP contribution is -2.10. The van der Waals surface area contributed by atoms with Crippen LogP contribution >= 0.6 is 0 Å². The van der Waals surface area contributed by atoms with Crippen molar-refractivity contribution in [1.29, 1.82) is 0 Å². The molecule has 0 bridgehead atoms. The highest BCUT2D eigenvalue weighted by atomic mass is 16.5. The monoisotopic (exact) mass is 501 g/mol. The lowest BCUT2D eigenvalue weighted by atomic mass is 10.0. The number of anilines is 2. The summed E-state index contributed by atoms with van der Waals surface area (Å²) in [6.07, 6.45) is 2.26. The first-order valence-electron chi connectivity index (χ1n) is 12.2. The Balaban J connectivity index is 1.58. The van der Waals surface area contributed by atoms with Gasteiger partial charge in [-0.3, -0.25) is 0 Å². The van der Waals surface area contributed by atoms with Crippen molar-refractivity contribution in [2.24, 2.45) is 0 Å². The van der Waals surface area contributed by atoms with Gasteiger partial charge in [0.05, 0.1) is 29.4 Å². The molecule has 11 nitrogen and oxygen atoms in total. The van der Waals surface area contributed by atoms with E-state index in [1.807, 2.05) is 36.7 Å². The number of aromatic amines is 1. The van der Waals surface area contributed by atoms with Crippen LogP contribution in [0.4, 0.5) is 11.6 Å². The Morgan fingerprint density at radius 3 is 2.65 bits per heavy atom. The fourth-order valence-electron chi connectivity index (χ4n) is 4.84. The van der Waals surface area contributed by atoms with E-state index in [0.717, 1.165) is 52.1 Å². The topological polar surface area (TPSA) is 144 Å². The van der Waals surface area contributed by atoms with Gasteiger partial charge in [-0.25, -0.2) is 19.4 Å². The summed E-state index contributed by atoms with van der Waals surface area (Å²) in [6, 6.07) is 5.97. The van der Waals surface area contributed by atoms with Crippen LogP contribution < -0.4 is 10.1 Å². The second-order valence-electron chi connectivity index (χ2n) is 9.74. The average molecular weight is 502 g/mol. The fraction of sp³-hybridized carbons (Fsp3) is 0.346. The summed E-state index contributed by atoms with van der Waals surface area (Å²) >= 11 is 0. The van der Waals surface area contributed by atoms with Gasteiger partial charge in [-0.2, -0.15) is 5.10 Å². The predicted molar refractivity (Wildman–Crippen MR) is 138 cm³/mol. The standard InChI is InChI=1S/C26H27N7O4/c1-11(2)33-20(10-17(31-33)14-6-7-14)28-24-22-15-9-19(36-5)16(21-12(3)32-37-13(21)4)8-18(15)27-23(22)29-25(30-24)26(34)35/h8-11,14H,6-7H2,1-5H3,(H,34,35)(H2,27,28,29,30). The Kier molecular flexibility index (Phi) is 5.18. The zero-order chi connectivity index (χ0) is 26.0. The van der Waals surface area contributed by atoms with E-state index in [4.69, 9.17) is 14.4 Å². The minimum Gasteiger partial charge on any atom is -0.496 e. The fourth-order valence-corrected chi connectivity index (χ4v) is 4.84. The third kappa shape index (κ3) is 3.78. The van der Waals surface area contributed by atoms with E-state index >= 15 is 0 Å². The van der Waals surface area contributed by atoms with Gasteiger partial charge in [0.1, 0.15) is 28.8 Å². The van der Waals surface area contributed by atoms with Crippen molar-refractivity contribution in [1.82, 2.24) is 29.9 Å². The molecule has 0 amide bonds. The lowest BCUT2D eigenvalue weighted by Gasteiger charge is -2.13. The van der Waals surface area contributed by atoms with E-state index in [1.165, 1.54) is 0 Å². The number of nitrogens with zero attached hydrogens (tertiary/aromatic N) is 5. The largest absolute Gasteiger partial charge is 0.496 e. The summed E-state index contributed by atoms with van der Waals surface area (Å²) in [4.78, 5) is 23.9. The molecule has 1 aliphatic carbocycles. The second-order valence-corrected chi connectivity index (χ2v) is 9.74. The number of rotatable bonds is 7. The molecule has 4 heterocycles. The third-order valence-corrected chi connectivity index (χ3v) is 6.75. The minimum absolute atomic E-state index is 0.104. The van der Waals surface area contributed by atoms with E-state index in [2.05, 4.69) is 39.3 Å².